The molecule has 0 saturated heterocycles. The van der Waals surface area contributed by atoms with E-state index >= 15 is 0 Å². The molecule has 0 amide bonds. The fraction of sp³-hybridized carbons (Fsp3) is 0.250. The smallest absolute Gasteiger partial charge is 0.333 e. The van der Waals surface area contributed by atoms with Crippen molar-refractivity contribution in [1.29, 1.82) is 5.41 Å². The summed E-state index contributed by atoms with van der Waals surface area (Å²) in [4.78, 5) is 18.9. The van der Waals surface area contributed by atoms with E-state index in [-0.39, 0.29) is 12.6 Å². The molecule has 0 rings (SSSR count). The largest absolute Gasteiger partial charge is 0.458 e. The van der Waals surface area contributed by atoms with Gasteiger partial charge in [-0.2, -0.15) is 0 Å². The Bertz CT molecular complexity index is 202. The molecule has 0 aromatic carbocycles. The first-order valence-corrected chi connectivity index (χ1v) is 3.07. The maximum absolute atomic E-state index is 10.5. The summed E-state index contributed by atoms with van der Waals surface area (Å²) < 4.78 is 4.60. The maximum atomic E-state index is 10.5. The molecule has 4 nitrogen and oxygen atoms in total. The Kier molecular flexibility index (Phi) is 10.1. The second-order valence-electron chi connectivity index (χ2n) is 1.77. The average molecular weight is 169 g/mol. The highest BCUT2D eigenvalue weighted by Crippen LogP contribution is 1.90. The molecular formula is C8H11NO3. The lowest BCUT2D eigenvalue weighted by atomic mass is 10.4. The summed E-state index contributed by atoms with van der Waals surface area (Å²) in [6, 6.07) is 0. The van der Waals surface area contributed by atoms with Crippen LogP contribution in [0.3, 0.4) is 0 Å². The van der Waals surface area contributed by atoms with Crippen LogP contribution in [0.25, 0.3) is 0 Å². The number of isocyanates is 1. The molecule has 0 fully saturated rings. The Morgan fingerprint density at radius 3 is 2.42 bits per heavy atom. The first kappa shape index (κ1) is 13.0. The Balaban J connectivity index is 0. The predicted octanol–water partition coefficient (Wildman–Crippen LogP) is 1.19. The van der Waals surface area contributed by atoms with Crippen LogP contribution in [0.15, 0.2) is 24.8 Å². The van der Waals surface area contributed by atoms with Crippen LogP contribution in [0.4, 0.5) is 0 Å². The normalized spacial score (nSPS) is 6.75. The van der Waals surface area contributed by atoms with Crippen molar-refractivity contribution < 1.29 is 14.3 Å². The van der Waals surface area contributed by atoms with E-state index in [0.717, 1.165) is 6.08 Å². The topological polar surface area (TPSA) is 67.2 Å². The van der Waals surface area contributed by atoms with E-state index in [4.69, 9.17) is 10.2 Å². The SMILES string of the molecule is C=CCOC(=O)C(=C)C.N=C=O. The fourth-order valence-electron chi connectivity index (χ4n) is 0.258. The van der Waals surface area contributed by atoms with Crippen molar-refractivity contribution in [3.63, 3.8) is 0 Å². The van der Waals surface area contributed by atoms with E-state index < -0.39 is 0 Å². The number of hydrogen-bond donors (Lipinski definition) is 1. The molecule has 66 valence electrons. The third-order valence-electron chi connectivity index (χ3n) is 0.681. The lowest BCUT2D eigenvalue weighted by molar-refractivity contribution is -0.137. The van der Waals surface area contributed by atoms with Gasteiger partial charge in [-0.05, 0) is 6.92 Å². The summed E-state index contributed by atoms with van der Waals surface area (Å²) in [5.74, 6) is -0.366. The lowest BCUT2D eigenvalue weighted by Gasteiger charge is -1.97. The Morgan fingerprint density at radius 2 is 2.17 bits per heavy atom. The van der Waals surface area contributed by atoms with Crippen molar-refractivity contribution in [3.8, 4) is 0 Å². The zero-order valence-corrected chi connectivity index (χ0v) is 6.92. The van der Waals surface area contributed by atoms with Crippen LogP contribution in [0.5, 0.6) is 0 Å². The van der Waals surface area contributed by atoms with Gasteiger partial charge in [-0.15, -0.1) is 0 Å². The minimum atomic E-state index is -0.366. The third kappa shape index (κ3) is 11.2. The van der Waals surface area contributed by atoms with Crippen molar-refractivity contribution >= 4 is 12.0 Å². The zero-order chi connectivity index (χ0) is 9.98. The molecule has 4 heteroatoms. The lowest BCUT2D eigenvalue weighted by Crippen LogP contribution is -2.03. The van der Waals surface area contributed by atoms with Gasteiger partial charge < -0.3 is 4.74 Å². The summed E-state index contributed by atoms with van der Waals surface area (Å²) in [5.41, 5.74) is 0.414. The monoisotopic (exact) mass is 169 g/mol. The van der Waals surface area contributed by atoms with Crippen molar-refractivity contribution in [3.05, 3.63) is 24.8 Å². The molecule has 0 saturated carbocycles. The van der Waals surface area contributed by atoms with Gasteiger partial charge in [0.25, 0.3) is 0 Å². The highest BCUT2D eigenvalue weighted by molar-refractivity contribution is 5.86. The van der Waals surface area contributed by atoms with Crippen molar-refractivity contribution in [2.45, 2.75) is 6.92 Å². The van der Waals surface area contributed by atoms with Crippen molar-refractivity contribution in [1.82, 2.24) is 0 Å². The van der Waals surface area contributed by atoms with E-state index in [2.05, 4.69) is 17.9 Å². The molecule has 0 aromatic rings. The van der Waals surface area contributed by atoms with Crippen LogP contribution in [0.1, 0.15) is 6.92 Å². The van der Waals surface area contributed by atoms with Gasteiger partial charge in [0.1, 0.15) is 6.61 Å². The highest BCUT2D eigenvalue weighted by Gasteiger charge is 1.98. The van der Waals surface area contributed by atoms with Gasteiger partial charge in [0.05, 0.1) is 0 Å². The van der Waals surface area contributed by atoms with Gasteiger partial charge in [-0.3, -0.25) is 0 Å². The molecular weight excluding hydrogens is 158 g/mol. The first-order valence-electron chi connectivity index (χ1n) is 3.07. The summed E-state index contributed by atoms with van der Waals surface area (Å²) in [6.45, 7) is 8.64. The van der Waals surface area contributed by atoms with E-state index in [1.54, 1.807) is 6.92 Å². The summed E-state index contributed by atoms with van der Waals surface area (Å²) in [7, 11) is 0. The Morgan fingerprint density at radius 1 is 1.75 bits per heavy atom. The average Bonchev–Trinajstić information content (AvgIpc) is 2.01. The van der Waals surface area contributed by atoms with Crippen LogP contribution in [-0.2, 0) is 14.3 Å². The number of nitrogens with one attached hydrogen (secondary N) is 1. The summed E-state index contributed by atoms with van der Waals surface area (Å²) in [5, 5.41) is 5.40. The Labute approximate surface area is 71.0 Å². The van der Waals surface area contributed by atoms with Crippen LogP contribution in [0.2, 0.25) is 0 Å². The second-order valence-corrected chi connectivity index (χ2v) is 1.77. The second kappa shape index (κ2) is 9.33. The maximum Gasteiger partial charge on any atom is 0.333 e. The quantitative estimate of drug-likeness (QED) is 0.227. The van der Waals surface area contributed by atoms with Gasteiger partial charge >= 0.3 is 5.97 Å². The molecule has 0 spiro atoms. The van der Waals surface area contributed by atoms with E-state index in [1.807, 2.05) is 0 Å². The van der Waals surface area contributed by atoms with Crippen LogP contribution in [-0.4, -0.2) is 18.7 Å². The van der Waals surface area contributed by atoms with Gasteiger partial charge in [-0.25, -0.2) is 15.0 Å². The molecule has 1 N–H and O–H groups in total. The molecule has 0 aliphatic heterocycles. The zero-order valence-electron chi connectivity index (χ0n) is 6.92. The number of carbonyl (C=O) groups excluding carboxylic acids is 2. The van der Waals surface area contributed by atoms with Crippen LogP contribution in [0, 0.1) is 5.41 Å². The van der Waals surface area contributed by atoms with Gasteiger partial charge in [0, 0.05) is 5.57 Å². The predicted molar refractivity (Wildman–Crippen MR) is 44.4 cm³/mol. The molecule has 0 atom stereocenters. The Hall–Kier alpha value is -1.67. The van der Waals surface area contributed by atoms with E-state index in [0.29, 0.717) is 5.57 Å². The van der Waals surface area contributed by atoms with Gasteiger partial charge in [0.2, 0.25) is 6.08 Å². The highest BCUT2D eigenvalue weighted by atomic mass is 16.5. The van der Waals surface area contributed by atoms with Gasteiger partial charge in [0.15, 0.2) is 0 Å². The molecule has 0 aliphatic rings. The summed E-state index contributed by atoms with van der Waals surface area (Å²) >= 11 is 0. The molecule has 0 aliphatic carbocycles. The first-order chi connectivity index (χ1) is 5.59. The number of hydrogen-bond acceptors (Lipinski definition) is 4. The molecule has 0 bridgehead atoms. The van der Waals surface area contributed by atoms with Crippen molar-refractivity contribution in [2.75, 3.05) is 6.61 Å². The molecule has 0 radical (unpaired) electrons. The fourth-order valence-corrected chi connectivity index (χ4v) is 0.258. The third-order valence-corrected chi connectivity index (χ3v) is 0.681. The summed E-state index contributed by atoms with van der Waals surface area (Å²) in [6.07, 6.45) is 2.26. The van der Waals surface area contributed by atoms with Gasteiger partial charge in [-0.1, -0.05) is 19.2 Å². The number of esters is 1. The molecule has 0 aromatic heterocycles. The molecule has 12 heavy (non-hydrogen) atoms. The number of carbonyl (C=O) groups is 1. The van der Waals surface area contributed by atoms with Crippen LogP contribution >= 0.6 is 0 Å². The number of rotatable bonds is 3. The van der Waals surface area contributed by atoms with E-state index in [1.165, 1.54) is 6.08 Å². The van der Waals surface area contributed by atoms with E-state index in [9.17, 15) is 4.79 Å². The standard InChI is InChI=1S/C7H10O2.CHNO/c1-4-5-9-7(8)6(2)3;2-1-3/h4H,1-2,5H2,3H3;2H. The van der Waals surface area contributed by atoms with Crippen LogP contribution < -0.4 is 0 Å². The number of ether oxygens (including phenoxy) is 1. The minimum absolute atomic E-state index is 0.256. The molecule has 0 heterocycles. The minimum Gasteiger partial charge on any atom is -0.458 e. The molecule has 0 unspecified atom stereocenters. The van der Waals surface area contributed by atoms with Crippen molar-refractivity contribution in [2.24, 2.45) is 0 Å².